The van der Waals surface area contributed by atoms with E-state index >= 15 is 0 Å². The van der Waals surface area contributed by atoms with Crippen LogP contribution in [0.15, 0.2) is 86.0 Å². The molecule has 0 radical (unpaired) electrons. The molecule has 0 atom stereocenters. The Morgan fingerprint density at radius 2 is 1.07 bits per heavy atom. The van der Waals surface area contributed by atoms with Gasteiger partial charge in [0.05, 0.1) is 13.1 Å². The second kappa shape index (κ2) is 8.04. The molecule has 0 aromatic heterocycles. The Morgan fingerprint density at radius 3 is 1.41 bits per heavy atom. The smallest absolute Gasteiger partial charge is 0.257 e. The van der Waals surface area contributed by atoms with Gasteiger partial charge in [0.15, 0.2) is 0 Å². The Balaban J connectivity index is 1.99. The summed E-state index contributed by atoms with van der Waals surface area (Å²) in [5, 5.41) is 3.16. The van der Waals surface area contributed by atoms with Gasteiger partial charge in [0, 0.05) is 0 Å². The van der Waals surface area contributed by atoms with Gasteiger partial charge in [0.25, 0.3) is 11.8 Å². The molecule has 0 spiro atoms. The molecule has 0 saturated carbocycles. The van der Waals surface area contributed by atoms with Crippen LogP contribution in [0.25, 0.3) is 0 Å². The molecule has 1 aliphatic heterocycles. The lowest BCUT2D eigenvalue weighted by molar-refractivity contribution is -0.149. The van der Waals surface area contributed by atoms with Gasteiger partial charge in [0.1, 0.15) is 5.41 Å². The van der Waals surface area contributed by atoms with Crippen molar-refractivity contribution in [3.05, 3.63) is 97.1 Å². The van der Waals surface area contributed by atoms with Crippen molar-refractivity contribution >= 4 is 11.8 Å². The number of allylic oxidation sites excluding steroid dienone is 2. The highest BCUT2D eigenvalue weighted by Gasteiger charge is 2.56. The van der Waals surface area contributed by atoms with E-state index in [9.17, 15) is 9.59 Å². The third kappa shape index (κ3) is 3.56. The van der Waals surface area contributed by atoms with Gasteiger partial charge in [-0.3, -0.25) is 9.59 Å². The Kier molecular flexibility index (Phi) is 5.55. The van der Waals surface area contributed by atoms with Gasteiger partial charge in [0.2, 0.25) is 0 Å². The van der Waals surface area contributed by atoms with Crippen molar-refractivity contribution in [3.8, 4) is 0 Å². The monoisotopic (exact) mass is 360 g/mol. The predicted molar refractivity (Wildman–Crippen MR) is 106 cm³/mol. The van der Waals surface area contributed by atoms with E-state index in [0.29, 0.717) is 25.9 Å². The normalized spacial score (nSPS) is 15.9. The number of hydrogen-bond acceptors (Lipinski definition) is 2. The molecule has 3 rings (SSSR count). The molecule has 1 saturated heterocycles. The topological polar surface area (TPSA) is 40.6 Å². The summed E-state index contributed by atoms with van der Waals surface area (Å²) >= 11 is 0. The Morgan fingerprint density at radius 1 is 0.704 bits per heavy atom. The van der Waals surface area contributed by atoms with E-state index in [2.05, 4.69) is 13.2 Å². The molecule has 138 valence electrons. The zero-order valence-corrected chi connectivity index (χ0v) is 15.4. The summed E-state index contributed by atoms with van der Waals surface area (Å²) in [6.07, 6.45) is 3.89. The first-order valence-electron chi connectivity index (χ1n) is 9.06. The van der Waals surface area contributed by atoms with E-state index < -0.39 is 5.41 Å². The summed E-state index contributed by atoms with van der Waals surface area (Å²) in [4.78, 5) is 26.8. The highest BCUT2D eigenvalue weighted by atomic mass is 16.2. The number of carbonyl (C=O) groups excluding carboxylic acids is 2. The van der Waals surface area contributed by atoms with Crippen molar-refractivity contribution in [2.75, 3.05) is 0 Å². The largest absolute Gasteiger partial charge is 0.272 e. The molecule has 4 heteroatoms. The molecule has 4 nitrogen and oxygen atoms in total. The van der Waals surface area contributed by atoms with Crippen LogP contribution >= 0.6 is 0 Å². The minimum atomic E-state index is -1.15. The van der Waals surface area contributed by atoms with Crippen LogP contribution < -0.4 is 0 Å². The van der Waals surface area contributed by atoms with Gasteiger partial charge in [-0.1, -0.05) is 72.8 Å². The number of carbonyl (C=O) groups is 2. The van der Waals surface area contributed by atoms with Gasteiger partial charge < -0.3 is 0 Å². The zero-order valence-electron chi connectivity index (χ0n) is 15.4. The van der Waals surface area contributed by atoms with Crippen LogP contribution in [0.3, 0.4) is 0 Å². The summed E-state index contributed by atoms with van der Waals surface area (Å²) < 4.78 is 0. The van der Waals surface area contributed by atoms with Crippen LogP contribution in [-0.4, -0.2) is 21.8 Å². The minimum absolute atomic E-state index is 0.188. The Hall–Kier alpha value is -3.14. The second-order valence-electron chi connectivity index (χ2n) is 6.76. The lowest BCUT2D eigenvalue weighted by atomic mass is 9.80. The van der Waals surface area contributed by atoms with Gasteiger partial charge in [-0.2, -0.15) is 0 Å². The molecule has 1 heterocycles. The van der Waals surface area contributed by atoms with Crippen LogP contribution in [0.5, 0.6) is 0 Å². The number of amides is 2. The predicted octanol–water partition coefficient (Wildman–Crippen LogP) is 4.11. The highest BCUT2D eigenvalue weighted by Crippen LogP contribution is 2.40. The number of rotatable bonds is 8. The molecule has 0 bridgehead atoms. The summed E-state index contributed by atoms with van der Waals surface area (Å²) in [6.45, 7) is 8.24. The van der Waals surface area contributed by atoms with E-state index in [1.54, 1.807) is 22.2 Å². The SMILES string of the molecule is C=CCC1(CC=C)C(=O)N(Cc2ccccc2)N(Cc2ccccc2)C1=O. The van der Waals surface area contributed by atoms with Crippen molar-refractivity contribution in [2.45, 2.75) is 25.9 Å². The van der Waals surface area contributed by atoms with Crippen LogP contribution in [0.4, 0.5) is 0 Å². The molecular weight excluding hydrogens is 336 g/mol. The number of hydrazine groups is 1. The summed E-state index contributed by atoms with van der Waals surface area (Å²) in [5.41, 5.74) is 0.807. The molecule has 1 fully saturated rings. The third-order valence-corrected chi connectivity index (χ3v) is 4.91. The summed E-state index contributed by atoms with van der Waals surface area (Å²) in [6, 6.07) is 19.4. The molecule has 0 aliphatic carbocycles. The fourth-order valence-electron chi connectivity index (χ4n) is 3.56. The lowest BCUT2D eigenvalue weighted by Gasteiger charge is -2.28. The van der Waals surface area contributed by atoms with Crippen LogP contribution in [0, 0.1) is 5.41 Å². The van der Waals surface area contributed by atoms with E-state index in [-0.39, 0.29) is 11.8 Å². The molecule has 27 heavy (non-hydrogen) atoms. The highest BCUT2D eigenvalue weighted by molar-refractivity contribution is 6.10. The first kappa shape index (κ1) is 18.6. The van der Waals surface area contributed by atoms with Crippen molar-refractivity contribution in [3.63, 3.8) is 0 Å². The van der Waals surface area contributed by atoms with Gasteiger partial charge in [-0.15, -0.1) is 13.2 Å². The van der Waals surface area contributed by atoms with E-state index in [4.69, 9.17) is 0 Å². The van der Waals surface area contributed by atoms with E-state index in [1.165, 1.54) is 0 Å². The maximum atomic E-state index is 13.4. The molecule has 0 N–H and O–H groups in total. The summed E-state index contributed by atoms with van der Waals surface area (Å²) in [5.74, 6) is -0.376. The minimum Gasteiger partial charge on any atom is -0.272 e. The lowest BCUT2D eigenvalue weighted by Crippen LogP contribution is -2.39. The van der Waals surface area contributed by atoms with Crippen LogP contribution in [-0.2, 0) is 22.7 Å². The number of benzene rings is 2. The average Bonchev–Trinajstić information content (AvgIpc) is 2.87. The van der Waals surface area contributed by atoms with Crippen molar-refractivity contribution in [2.24, 2.45) is 5.41 Å². The van der Waals surface area contributed by atoms with Crippen molar-refractivity contribution < 1.29 is 9.59 Å². The Bertz CT molecular complexity index is 758. The molecule has 0 unspecified atom stereocenters. The summed E-state index contributed by atoms with van der Waals surface area (Å²) in [7, 11) is 0. The first-order valence-corrected chi connectivity index (χ1v) is 9.06. The maximum Gasteiger partial charge on any atom is 0.257 e. The molecule has 2 amide bonds. The van der Waals surface area contributed by atoms with E-state index in [0.717, 1.165) is 11.1 Å². The first-order chi connectivity index (χ1) is 13.1. The standard InChI is InChI=1S/C23H24N2O2/c1-3-15-23(16-4-2)21(26)24(17-19-11-7-5-8-12-19)25(22(23)27)18-20-13-9-6-10-14-20/h3-14H,1-2,15-18H2. The van der Waals surface area contributed by atoms with Gasteiger partial charge in [-0.05, 0) is 24.0 Å². The quantitative estimate of drug-likeness (QED) is 0.525. The molecule has 1 aliphatic rings. The molecule has 2 aromatic rings. The number of nitrogens with zero attached hydrogens (tertiary/aromatic N) is 2. The van der Waals surface area contributed by atoms with Crippen LogP contribution in [0.2, 0.25) is 0 Å². The van der Waals surface area contributed by atoms with Crippen molar-refractivity contribution in [1.29, 1.82) is 0 Å². The van der Waals surface area contributed by atoms with Gasteiger partial charge in [-0.25, -0.2) is 10.0 Å². The third-order valence-electron chi connectivity index (χ3n) is 4.91. The maximum absolute atomic E-state index is 13.4. The van der Waals surface area contributed by atoms with Crippen LogP contribution in [0.1, 0.15) is 24.0 Å². The molecular formula is C23H24N2O2. The fraction of sp³-hybridized carbons (Fsp3) is 0.217. The van der Waals surface area contributed by atoms with Crippen molar-refractivity contribution in [1.82, 2.24) is 10.0 Å². The fourth-order valence-corrected chi connectivity index (χ4v) is 3.56. The molecule has 2 aromatic carbocycles. The second-order valence-corrected chi connectivity index (χ2v) is 6.76. The number of hydrogen-bond donors (Lipinski definition) is 0. The average molecular weight is 360 g/mol. The van der Waals surface area contributed by atoms with Gasteiger partial charge >= 0.3 is 0 Å². The Labute approximate surface area is 160 Å². The zero-order chi connectivity index (χ0) is 19.3. The van der Waals surface area contributed by atoms with E-state index in [1.807, 2.05) is 60.7 Å².